The van der Waals surface area contributed by atoms with Gasteiger partial charge in [0.1, 0.15) is 5.78 Å². The molecule has 1 aliphatic rings. The topological polar surface area (TPSA) is 29.1 Å². The van der Waals surface area contributed by atoms with E-state index in [1.165, 1.54) is 6.42 Å². The zero-order valence-corrected chi connectivity index (χ0v) is 7.39. The van der Waals surface area contributed by atoms with Crippen molar-refractivity contribution in [2.24, 2.45) is 11.8 Å². The van der Waals surface area contributed by atoms with Gasteiger partial charge >= 0.3 is 0 Å². The van der Waals surface area contributed by atoms with E-state index in [4.69, 9.17) is 0 Å². The standard InChI is InChI=1S/C9H17NO/c1-7(2)9(11)5-8-3-4-10-6-8/h7-8,10H,3-6H2,1-2H3. The highest BCUT2D eigenvalue weighted by atomic mass is 16.1. The molecule has 1 heterocycles. The molecule has 0 aromatic carbocycles. The van der Waals surface area contributed by atoms with Crippen molar-refractivity contribution in [3.63, 3.8) is 0 Å². The van der Waals surface area contributed by atoms with Gasteiger partial charge in [0, 0.05) is 12.3 Å². The summed E-state index contributed by atoms with van der Waals surface area (Å²) in [5, 5.41) is 3.26. The monoisotopic (exact) mass is 155 g/mol. The van der Waals surface area contributed by atoms with Crippen LogP contribution in [0, 0.1) is 11.8 Å². The smallest absolute Gasteiger partial charge is 0.135 e. The molecule has 0 aromatic heterocycles. The maximum absolute atomic E-state index is 11.3. The Labute approximate surface area is 68.4 Å². The summed E-state index contributed by atoms with van der Waals surface area (Å²) in [6, 6.07) is 0. The molecule has 1 atom stereocenters. The minimum atomic E-state index is 0.218. The lowest BCUT2D eigenvalue weighted by molar-refractivity contribution is -0.122. The number of hydrogen-bond acceptors (Lipinski definition) is 2. The fraction of sp³-hybridized carbons (Fsp3) is 0.889. The van der Waals surface area contributed by atoms with Crippen molar-refractivity contribution in [2.45, 2.75) is 26.7 Å². The first-order chi connectivity index (χ1) is 5.20. The summed E-state index contributed by atoms with van der Waals surface area (Å²) in [5.41, 5.74) is 0. The summed E-state index contributed by atoms with van der Waals surface area (Å²) < 4.78 is 0. The summed E-state index contributed by atoms with van der Waals surface area (Å²) in [7, 11) is 0. The second-order valence-corrected chi connectivity index (χ2v) is 3.68. The second-order valence-electron chi connectivity index (χ2n) is 3.68. The Kier molecular flexibility index (Phi) is 3.06. The highest BCUT2D eigenvalue weighted by Gasteiger charge is 2.19. The van der Waals surface area contributed by atoms with Gasteiger partial charge in [-0.05, 0) is 25.4 Å². The third-order valence-corrected chi connectivity index (χ3v) is 2.30. The molecule has 0 radical (unpaired) electrons. The summed E-state index contributed by atoms with van der Waals surface area (Å²) in [4.78, 5) is 11.3. The Morgan fingerprint density at radius 3 is 2.82 bits per heavy atom. The van der Waals surface area contributed by atoms with Gasteiger partial charge in [0.2, 0.25) is 0 Å². The first kappa shape index (κ1) is 8.72. The van der Waals surface area contributed by atoms with Gasteiger partial charge < -0.3 is 5.32 Å². The van der Waals surface area contributed by atoms with E-state index in [0.717, 1.165) is 19.5 Å². The second kappa shape index (κ2) is 3.86. The Morgan fingerprint density at radius 2 is 2.36 bits per heavy atom. The van der Waals surface area contributed by atoms with Gasteiger partial charge in [-0.2, -0.15) is 0 Å². The van der Waals surface area contributed by atoms with E-state index in [9.17, 15) is 4.79 Å². The molecule has 1 fully saturated rings. The van der Waals surface area contributed by atoms with Crippen LogP contribution in [0.1, 0.15) is 26.7 Å². The maximum Gasteiger partial charge on any atom is 0.135 e. The van der Waals surface area contributed by atoms with Crippen LogP contribution in [0.25, 0.3) is 0 Å². The number of hydrogen-bond donors (Lipinski definition) is 1. The maximum atomic E-state index is 11.3. The molecule has 0 amide bonds. The van der Waals surface area contributed by atoms with E-state index < -0.39 is 0 Å². The summed E-state index contributed by atoms with van der Waals surface area (Å²) in [5.74, 6) is 1.25. The molecule has 1 aliphatic heterocycles. The van der Waals surface area contributed by atoms with Crippen LogP contribution in [-0.2, 0) is 4.79 Å². The molecule has 2 nitrogen and oxygen atoms in total. The predicted octanol–water partition coefficient (Wildman–Crippen LogP) is 1.21. The zero-order valence-electron chi connectivity index (χ0n) is 7.39. The third kappa shape index (κ3) is 2.62. The van der Waals surface area contributed by atoms with E-state index in [-0.39, 0.29) is 5.92 Å². The van der Waals surface area contributed by atoms with Gasteiger partial charge in [-0.25, -0.2) is 0 Å². The van der Waals surface area contributed by atoms with Crippen LogP contribution in [0.2, 0.25) is 0 Å². The Balaban J connectivity index is 2.24. The first-order valence-electron chi connectivity index (χ1n) is 4.43. The van der Waals surface area contributed by atoms with Crippen molar-refractivity contribution < 1.29 is 4.79 Å². The Morgan fingerprint density at radius 1 is 1.64 bits per heavy atom. The molecule has 1 saturated heterocycles. The fourth-order valence-electron chi connectivity index (χ4n) is 1.41. The average Bonchev–Trinajstić information content (AvgIpc) is 2.39. The molecular weight excluding hydrogens is 138 g/mol. The summed E-state index contributed by atoms with van der Waals surface area (Å²) >= 11 is 0. The van der Waals surface area contributed by atoms with Crippen LogP contribution >= 0.6 is 0 Å². The number of nitrogens with one attached hydrogen (secondary N) is 1. The lowest BCUT2D eigenvalue weighted by atomic mass is 9.96. The molecule has 0 spiro atoms. The lowest BCUT2D eigenvalue weighted by Gasteiger charge is -2.08. The summed E-state index contributed by atoms with van der Waals surface area (Å²) in [6.07, 6.45) is 1.96. The van der Waals surface area contributed by atoms with Gasteiger partial charge in [0.05, 0.1) is 0 Å². The molecular formula is C9H17NO. The van der Waals surface area contributed by atoms with Crippen LogP contribution in [0.15, 0.2) is 0 Å². The molecule has 0 aliphatic carbocycles. The lowest BCUT2D eigenvalue weighted by Crippen LogP contribution is -2.15. The van der Waals surface area contributed by atoms with Gasteiger partial charge in [0.15, 0.2) is 0 Å². The normalized spacial score (nSPS) is 24.5. The molecule has 64 valence electrons. The van der Waals surface area contributed by atoms with Crippen molar-refractivity contribution in [3.8, 4) is 0 Å². The third-order valence-electron chi connectivity index (χ3n) is 2.30. The van der Waals surface area contributed by atoms with Crippen molar-refractivity contribution in [1.82, 2.24) is 5.32 Å². The van der Waals surface area contributed by atoms with Crippen molar-refractivity contribution in [1.29, 1.82) is 0 Å². The number of carbonyl (C=O) groups excluding carboxylic acids is 1. The number of rotatable bonds is 3. The number of ketones is 1. The first-order valence-corrected chi connectivity index (χ1v) is 4.43. The average molecular weight is 155 g/mol. The van der Waals surface area contributed by atoms with Gasteiger partial charge in [-0.15, -0.1) is 0 Å². The number of carbonyl (C=O) groups is 1. The molecule has 11 heavy (non-hydrogen) atoms. The minimum absolute atomic E-state index is 0.218. The Hall–Kier alpha value is -0.370. The minimum Gasteiger partial charge on any atom is -0.316 e. The number of Topliss-reactive ketones (excluding diaryl/α,β-unsaturated/α-hetero) is 1. The molecule has 1 rings (SSSR count). The molecule has 0 bridgehead atoms. The van der Waals surface area contributed by atoms with Gasteiger partial charge in [-0.1, -0.05) is 13.8 Å². The quantitative estimate of drug-likeness (QED) is 0.663. The molecule has 1 N–H and O–H groups in total. The molecule has 1 unspecified atom stereocenters. The zero-order chi connectivity index (χ0) is 8.27. The van der Waals surface area contributed by atoms with Crippen LogP contribution < -0.4 is 5.32 Å². The van der Waals surface area contributed by atoms with E-state index in [2.05, 4.69) is 5.32 Å². The van der Waals surface area contributed by atoms with E-state index in [1.54, 1.807) is 0 Å². The van der Waals surface area contributed by atoms with Crippen molar-refractivity contribution >= 4 is 5.78 Å². The van der Waals surface area contributed by atoms with Gasteiger partial charge in [-0.3, -0.25) is 4.79 Å². The SMILES string of the molecule is CC(C)C(=O)CC1CCNC1. The molecule has 2 heteroatoms. The van der Waals surface area contributed by atoms with Crippen LogP contribution in [0.4, 0.5) is 0 Å². The summed E-state index contributed by atoms with van der Waals surface area (Å²) in [6.45, 7) is 6.09. The van der Waals surface area contributed by atoms with E-state index in [1.807, 2.05) is 13.8 Å². The van der Waals surface area contributed by atoms with Crippen LogP contribution in [0.5, 0.6) is 0 Å². The van der Waals surface area contributed by atoms with Crippen LogP contribution in [-0.4, -0.2) is 18.9 Å². The molecule has 0 saturated carbocycles. The largest absolute Gasteiger partial charge is 0.316 e. The van der Waals surface area contributed by atoms with Crippen LogP contribution in [0.3, 0.4) is 0 Å². The fourth-order valence-corrected chi connectivity index (χ4v) is 1.41. The van der Waals surface area contributed by atoms with E-state index in [0.29, 0.717) is 11.7 Å². The highest BCUT2D eigenvalue weighted by Crippen LogP contribution is 2.14. The molecule has 0 aromatic rings. The predicted molar refractivity (Wildman–Crippen MR) is 45.4 cm³/mol. The Bertz CT molecular complexity index is 136. The van der Waals surface area contributed by atoms with E-state index >= 15 is 0 Å². The van der Waals surface area contributed by atoms with Crippen molar-refractivity contribution in [3.05, 3.63) is 0 Å². The highest BCUT2D eigenvalue weighted by molar-refractivity contribution is 5.80. The van der Waals surface area contributed by atoms with Gasteiger partial charge in [0.25, 0.3) is 0 Å². The van der Waals surface area contributed by atoms with Crippen molar-refractivity contribution in [2.75, 3.05) is 13.1 Å².